The molecule has 0 bridgehead atoms. The number of ether oxygens (including phenoxy) is 1. The standard InChI is InChI=1S/C23H27N3O3/c1-23(17-7-5-8-18(15-17)29-2)11-14-25(16-23)12-6-13-26-21(27)19-9-3-4-10-20(19)24-22(26)28/h3-5,7-10,15H,6,11-14,16H2,1-2H3,(H,24,28)/t23-/m0/s1. The average molecular weight is 393 g/mol. The van der Waals surface area contributed by atoms with E-state index in [1.54, 1.807) is 19.2 Å². The fraction of sp³-hybridized carbons (Fsp3) is 0.391. The van der Waals surface area contributed by atoms with Gasteiger partial charge in [-0.05, 0) is 55.8 Å². The summed E-state index contributed by atoms with van der Waals surface area (Å²) in [5, 5.41) is 0.555. The van der Waals surface area contributed by atoms with E-state index in [2.05, 4.69) is 28.9 Å². The highest BCUT2D eigenvalue weighted by Gasteiger charge is 2.35. The highest BCUT2D eigenvalue weighted by atomic mass is 16.5. The lowest BCUT2D eigenvalue weighted by Crippen LogP contribution is -2.36. The van der Waals surface area contributed by atoms with E-state index in [1.165, 1.54) is 10.1 Å². The van der Waals surface area contributed by atoms with Gasteiger partial charge < -0.3 is 14.6 Å². The van der Waals surface area contributed by atoms with Crippen molar-refractivity contribution in [1.82, 2.24) is 14.5 Å². The Bertz CT molecular complexity index is 1130. The molecular weight excluding hydrogens is 366 g/mol. The van der Waals surface area contributed by atoms with Crippen LogP contribution in [0.25, 0.3) is 10.9 Å². The third-order valence-electron chi connectivity index (χ3n) is 6.06. The number of nitrogens with zero attached hydrogens (tertiary/aromatic N) is 2. The van der Waals surface area contributed by atoms with E-state index in [-0.39, 0.29) is 16.7 Å². The molecule has 0 saturated carbocycles. The second-order valence-electron chi connectivity index (χ2n) is 8.10. The van der Waals surface area contributed by atoms with E-state index >= 15 is 0 Å². The van der Waals surface area contributed by atoms with E-state index in [4.69, 9.17) is 4.74 Å². The van der Waals surface area contributed by atoms with Crippen molar-refractivity contribution in [3.63, 3.8) is 0 Å². The molecule has 2 heterocycles. The first-order valence-electron chi connectivity index (χ1n) is 10.1. The van der Waals surface area contributed by atoms with Gasteiger partial charge in [0.15, 0.2) is 0 Å². The van der Waals surface area contributed by atoms with E-state index in [0.717, 1.165) is 38.2 Å². The Morgan fingerprint density at radius 1 is 1.10 bits per heavy atom. The van der Waals surface area contributed by atoms with Crippen molar-refractivity contribution in [2.75, 3.05) is 26.7 Å². The van der Waals surface area contributed by atoms with Crippen molar-refractivity contribution >= 4 is 10.9 Å². The molecule has 0 spiro atoms. The molecule has 0 unspecified atom stereocenters. The van der Waals surface area contributed by atoms with Crippen LogP contribution >= 0.6 is 0 Å². The molecule has 1 aromatic heterocycles. The van der Waals surface area contributed by atoms with Crippen LogP contribution in [0, 0.1) is 0 Å². The van der Waals surface area contributed by atoms with Gasteiger partial charge in [0.05, 0.1) is 18.0 Å². The van der Waals surface area contributed by atoms with Crippen molar-refractivity contribution in [1.29, 1.82) is 0 Å². The van der Waals surface area contributed by atoms with Gasteiger partial charge in [-0.2, -0.15) is 0 Å². The van der Waals surface area contributed by atoms with E-state index in [9.17, 15) is 9.59 Å². The third kappa shape index (κ3) is 3.85. The predicted octanol–water partition coefficient (Wildman–Crippen LogP) is 2.75. The first-order valence-corrected chi connectivity index (χ1v) is 10.1. The van der Waals surface area contributed by atoms with Gasteiger partial charge in [0, 0.05) is 18.5 Å². The molecule has 6 heteroatoms. The minimum atomic E-state index is -0.337. The number of hydrogen-bond donors (Lipinski definition) is 1. The number of nitrogens with one attached hydrogen (secondary N) is 1. The summed E-state index contributed by atoms with van der Waals surface area (Å²) in [5.41, 5.74) is 1.42. The van der Waals surface area contributed by atoms with Crippen molar-refractivity contribution in [3.05, 3.63) is 74.9 Å². The van der Waals surface area contributed by atoms with Gasteiger partial charge in [0.1, 0.15) is 5.75 Å². The van der Waals surface area contributed by atoms with Gasteiger partial charge in [-0.15, -0.1) is 0 Å². The zero-order chi connectivity index (χ0) is 20.4. The summed E-state index contributed by atoms with van der Waals surface area (Å²) in [4.78, 5) is 30.2. The number of aromatic nitrogens is 2. The summed E-state index contributed by atoms with van der Waals surface area (Å²) in [5.74, 6) is 0.886. The van der Waals surface area contributed by atoms with Crippen LogP contribution in [0.3, 0.4) is 0 Å². The number of para-hydroxylation sites is 1. The smallest absolute Gasteiger partial charge is 0.328 e. The van der Waals surface area contributed by atoms with Crippen LogP contribution in [0.5, 0.6) is 5.75 Å². The first kappa shape index (κ1) is 19.5. The van der Waals surface area contributed by atoms with Gasteiger partial charge >= 0.3 is 5.69 Å². The molecule has 2 aromatic carbocycles. The summed E-state index contributed by atoms with van der Waals surface area (Å²) in [6.07, 6.45) is 1.84. The van der Waals surface area contributed by atoms with Crippen molar-refractivity contribution in [2.45, 2.75) is 31.7 Å². The number of benzene rings is 2. The largest absolute Gasteiger partial charge is 0.497 e. The minimum Gasteiger partial charge on any atom is -0.497 e. The van der Waals surface area contributed by atoms with Gasteiger partial charge in [-0.25, -0.2) is 4.79 Å². The molecule has 0 radical (unpaired) electrons. The highest BCUT2D eigenvalue weighted by molar-refractivity contribution is 5.76. The first-order chi connectivity index (χ1) is 14.0. The maximum atomic E-state index is 12.6. The molecule has 1 atom stereocenters. The Balaban J connectivity index is 1.42. The zero-order valence-corrected chi connectivity index (χ0v) is 17.0. The molecule has 1 aliphatic rings. The fourth-order valence-corrected chi connectivity index (χ4v) is 4.34. The van der Waals surface area contributed by atoms with E-state index < -0.39 is 0 Å². The van der Waals surface area contributed by atoms with Crippen LogP contribution in [-0.4, -0.2) is 41.2 Å². The maximum absolute atomic E-state index is 12.6. The van der Waals surface area contributed by atoms with Crippen LogP contribution in [0.4, 0.5) is 0 Å². The van der Waals surface area contributed by atoms with Crippen molar-refractivity contribution in [2.24, 2.45) is 0 Å². The third-order valence-corrected chi connectivity index (χ3v) is 6.06. The second-order valence-corrected chi connectivity index (χ2v) is 8.10. The van der Waals surface area contributed by atoms with E-state index in [0.29, 0.717) is 17.4 Å². The molecule has 152 valence electrons. The Morgan fingerprint density at radius 2 is 1.93 bits per heavy atom. The van der Waals surface area contributed by atoms with Crippen LogP contribution in [-0.2, 0) is 12.0 Å². The number of hydrogen-bond acceptors (Lipinski definition) is 4. The Kier molecular flexibility index (Phi) is 5.28. The molecule has 4 rings (SSSR count). The maximum Gasteiger partial charge on any atom is 0.328 e. The van der Waals surface area contributed by atoms with Crippen LogP contribution in [0.15, 0.2) is 58.1 Å². The van der Waals surface area contributed by atoms with Crippen LogP contribution < -0.4 is 16.0 Å². The molecule has 1 N–H and O–H groups in total. The van der Waals surface area contributed by atoms with Crippen LogP contribution in [0.1, 0.15) is 25.3 Å². The molecule has 1 saturated heterocycles. The molecule has 0 amide bonds. The predicted molar refractivity (Wildman–Crippen MR) is 115 cm³/mol. The lowest BCUT2D eigenvalue weighted by Gasteiger charge is -2.26. The molecule has 6 nitrogen and oxygen atoms in total. The monoisotopic (exact) mass is 393 g/mol. The summed E-state index contributed by atoms with van der Waals surface area (Å²) >= 11 is 0. The number of aromatic amines is 1. The van der Waals surface area contributed by atoms with E-state index in [1.807, 2.05) is 24.3 Å². The Morgan fingerprint density at radius 3 is 2.76 bits per heavy atom. The van der Waals surface area contributed by atoms with Gasteiger partial charge in [-0.1, -0.05) is 31.2 Å². The van der Waals surface area contributed by atoms with Gasteiger partial charge in [0.2, 0.25) is 0 Å². The normalized spacial score (nSPS) is 19.7. The summed E-state index contributed by atoms with van der Waals surface area (Å²) in [6, 6.07) is 15.4. The highest BCUT2D eigenvalue weighted by Crippen LogP contribution is 2.35. The number of H-pyrrole nitrogens is 1. The fourth-order valence-electron chi connectivity index (χ4n) is 4.34. The van der Waals surface area contributed by atoms with Crippen LogP contribution in [0.2, 0.25) is 0 Å². The topological polar surface area (TPSA) is 67.3 Å². The number of methoxy groups -OCH3 is 1. The number of fused-ring (bicyclic) bond motifs is 1. The Hall–Kier alpha value is -2.86. The molecule has 1 fully saturated rings. The van der Waals surface area contributed by atoms with Gasteiger partial charge in [0.25, 0.3) is 5.56 Å². The molecule has 29 heavy (non-hydrogen) atoms. The number of rotatable bonds is 6. The molecule has 3 aromatic rings. The Labute approximate surface area is 169 Å². The second kappa shape index (κ2) is 7.87. The summed E-state index contributed by atoms with van der Waals surface area (Å²) in [6.45, 7) is 5.55. The van der Waals surface area contributed by atoms with Crippen molar-refractivity contribution in [3.8, 4) is 5.75 Å². The molecular formula is C23H27N3O3. The summed E-state index contributed by atoms with van der Waals surface area (Å²) < 4.78 is 6.69. The quantitative estimate of drug-likeness (QED) is 0.699. The lowest BCUT2D eigenvalue weighted by molar-refractivity contribution is 0.303. The lowest BCUT2D eigenvalue weighted by atomic mass is 9.82. The summed E-state index contributed by atoms with van der Waals surface area (Å²) in [7, 11) is 1.69. The number of likely N-dealkylation sites (tertiary alicyclic amines) is 1. The SMILES string of the molecule is COc1cccc([C@@]2(C)CCN(CCCn3c(=O)[nH]c4ccccc4c3=O)C2)c1. The molecule has 0 aliphatic carbocycles. The average Bonchev–Trinajstić information content (AvgIpc) is 3.13. The van der Waals surface area contributed by atoms with Crippen molar-refractivity contribution < 1.29 is 4.74 Å². The zero-order valence-electron chi connectivity index (χ0n) is 17.0. The molecule has 1 aliphatic heterocycles. The van der Waals surface area contributed by atoms with Gasteiger partial charge in [-0.3, -0.25) is 9.36 Å². The minimum absolute atomic E-state index is 0.0891.